The van der Waals surface area contributed by atoms with Gasteiger partial charge in [-0.25, -0.2) is 9.97 Å². The van der Waals surface area contributed by atoms with Crippen molar-refractivity contribution < 1.29 is 27.6 Å². The second kappa shape index (κ2) is 12.8. The Hall–Kier alpha value is -3.33. The lowest BCUT2D eigenvalue weighted by Gasteiger charge is -2.34. The maximum Gasteiger partial charge on any atom is 0.328 e. The number of morpholine rings is 1. The van der Waals surface area contributed by atoms with Crippen molar-refractivity contribution in [3.63, 3.8) is 0 Å². The molecule has 200 valence electrons. The third kappa shape index (κ3) is 7.82. The minimum absolute atomic E-state index is 0.000266. The van der Waals surface area contributed by atoms with Crippen molar-refractivity contribution in [3.05, 3.63) is 48.3 Å². The van der Waals surface area contributed by atoms with E-state index in [4.69, 9.17) is 4.74 Å². The molecule has 2 aromatic rings. The summed E-state index contributed by atoms with van der Waals surface area (Å²) in [6.45, 7) is 2.62. The normalized spacial score (nSPS) is 18.7. The van der Waals surface area contributed by atoms with E-state index in [9.17, 15) is 18.0 Å². The molecule has 2 aliphatic rings. The third-order valence-corrected chi connectivity index (χ3v) is 7.34. The average molecular weight is 534 g/mol. The number of nitrogens with zero attached hydrogens (tertiary/aromatic N) is 4. The van der Waals surface area contributed by atoms with Crippen LogP contribution < -0.4 is 20.4 Å². The highest BCUT2D eigenvalue weighted by Crippen LogP contribution is 2.22. The van der Waals surface area contributed by atoms with Crippen molar-refractivity contribution >= 4 is 33.7 Å². The Morgan fingerprint density at radius 2 is 1.81 bits per heavy atom. The Labute approximate surface area is 215 Å². The van der Waals surface area contributed by atoms with Crippen LogP contribution in [0.4, 0.5) is 11.6 Å². The van der Waals surface area contributed by atoms with E-state index in [1.165, 1.54) is 0 Å². The van der Waals surface area contributed by atoms with Crippen LogP contribution in [0.2, 0.25) is 0 Å². The van der Waals surface area contributed by atoms with Crippen molar-refractivity contribution in [3.8, 4) is 0 Å². The Bertz CT molecular complexity index is 1140. The molecule has 2 aliphatic heterocycles. The third-order valence-electron chi connectivity index (χ3n) is 6.00. The fraction of sp³-hybridized carbons (Fsp3) is 0.478. The van der Waals surface area contributed by atoms with Crippen LogP contribution in [0, 0.1) is 0 Å². The van der Waals surface area contributed by atoms with E-state index in [1.807, 2.05) is 17.0 Å². The molecule has 0 unspecified atom stereocenters. The molecule has 0 radical (unpaired) electrons. The average Bonchev–Trinajstić information content (AvgIpc) is 2.93. The maximum atomic E-state index is 12.5. The van der Waals surface area contributed by atoms with E-state index in [2.05, 4.69) is 30.3 Å². The second-order valence-corrected chi connectivity index (χ2v) is 10.3. The molecule has 13 nitrogen and oxygen atoms in total. The van der Waals surface area contributed by atoms with Crippen LogP contribution in [0.15, 0.2) is 42.7 Å². The summed E-state index contributed by atoms with van der Waals surface area (Å²) in [4.78, 5) is 41.5. The summed E-state index contributed by atoms with van der Waals surface area (Å²) in [6.07, 6.45) is 5.26. The zero-order chi connectivity index (χ0) is 26.1. The van der Waals surface area contributed by atoms with Crippen LogP contribution in [-0.2, 0) is 24.6 Å². The predicted molar refractivity (Wildman–Crippen MR) is 135 cm³/mol. The molecule has 1 amide bonds. The van der Waals surface area contributed by atoms with Gasteiger partial charge in [0.15, 0.2) is 0 Å². The fourth-order valence-electron chi connectivity index (χ4n) is 4.08. The summed E-state index contributed by atoms with van der Waals surface area (Å²) in [7, 11) is -3.94. The SMILES string of the molecule is O=C(CCNC(=O)c1ccc(N2CCC[C@H](Nc3ncccn3)C2)cc1)ONS(=O)(=O)N1CCOCC1. The minimum atomic E-state index is -3.94. The first-order valence-corrected chi connectivity index (χ1v) is 13.6. The summed E-state index contributed by atoms with van der Waals surface area (Å²) in [5.41, 5.74) is 1.46. The van der Waals surface area contributed by atoms with Crippen molar-refractivity contribution in [1.29, 1.82) is 0 Å². The molecule has 4 rings (SSSR count). The zero-order valence-electron chi connectivity index (χ0n) is 20.3. The predicted octanol–water partition coefficient (Wildman–Crippen LogP) is 0.302. The van der Waals surface area contributed by atoms with Crippen molar-refractivity contribution in [2.75, 3.05) is 56.2 Å². The smallest absolute Gasteiger partial charge is 0.328 e. The lowest BCUT2D eigenvalue weighted by atomic mass is 10.0. The fourth-order valence-corrected chi connectivity index (χ4v) is 5.01. The monoisotopic (exact) mass is 533 g/mol. The molecule has 0 aliphatic carbocycles. The van der Waals surface area contributed by atoms with Crippen LogP contribution in [-0.4, -0.2) is 86.5 Å². The number of carbonyl (C=O) groups excluding carboxylic acids is 2. The van der Waals surface area contributed by atoms with Crippen LogP contribution in [0.5, 0.6) is 0 Å². The summed E-state index contributed by atoms with van der Waals surface area (Å²) < 4.78 is 30.4. The van der Waals surface area contributed by atoms with Gasteiger partial charge in [-0.15, -0.1) is 0 Å². The molecule has 3 N–H and O–H groups in total. The van der Waals surface area contributed by atoms with E-state index in [0.717, 1.165) is 35.9 Å². The van der Waals surface area contributed by atoms with Gasteiger partial charge in [0.05, 0.1) is 19.6 Å². The number of benzene rings is 1. The van der Waals surface area contributed by atoms with Gasteiger partial charge in [-0.05, 0) is 48.1 Å². The molecule has 0 saturated carbocycles. The highest BCUT2D eigenvalue weighted by atomic mass is 32.2. The summed E-state index contributed by atoms with van der Waals surface area (Å²) in [6, 6.07) is 9.25. The number of ether oxygens (including phenoxy) is 1. The highest BCUT2D eigenvalue weighted by molar-refractivity contribution is 7.87. The molecule has 14 heteroatoms. The Balaban J connectivity index is 1.19. The van der Waals surface area contributed by atoms with Crippen LogP contribution in [0.1, 0.15) is 29.6 Å². The molecule has 3 heterocycles. The first kappa shape index (κ1) is 26.7. The molecule has 1 aromatic heterocycles. The van der Waals surface area contributed by atoms with Gasteiger partial charge < -0.3 is 25.1 Å². The number of piperidine rings is 1. The van der Waals surface area contributed by atoms with Gasteiger partial charge in [0.1, 0.15) is 0 Å². The van der Waals surface area contributed by atoms with E-state index >= 15 is 0 Å². The zero-order valence-corrected chi connectivity index (χ0v) is 21.2. The molecule has 1 aromatic carbocycles. The van der Waals surface area contributed by atoms with E-state index < -0.39 is 16.2 Å². The quantitative estimate of drug-likeness (QED) is 0.363. The molecule has 2 fully saturated rings. The number of amides is 1. The number of anilines is 2. The van der Waals surface area contributed by atoms with Gasteiger partial charge in [0.25, 0.3) is 5.91 Å². The van der Waals surface area contributed by atoms with Gasteiger partial charge >= 0.3 is 16.2 Å². The largest absolute Gasteiger partial charge is 0.379 e. The number of aromatic nitrogens is 2. The Kier molecular flexibility index (Phi) is 9.22. The van der Waals surface area contributed by atoms with Crippen molar-refractivity contribution in [2.45, 2.75) is 25.3 Å². The summed E-state index contributed by atoms with van der Waals surface area (Å²) in [5.74, 6) is -0.533. The van der Waals surface area contributed by atoms with E-state index in [-0.39, 0.29) is 51.2 Å². The van der Waals surface area contributed by atoms with E-state index in [0.29, 0.717) is 11.5 Å². The number of carbonyl (C=O) groups is 2. The van der Waals surface area contributed by atoms with Gasteiger partial charge in [0, 0.05) is 62.4 Å². The van der Waals surface area contributed by atoms with Crippen molar-refractivity contribution in [2.24, 2.45) is 0 Å². The van der Waals surface area contributed by atoms with Gasteiger partial charge in [0.2, 0.25) is 5.95 Å². The molecule has 0 bridgehead atoms. The van der Waals surface area contributed by atoms with Gasteiger partial charge in [-0.2, -0.15) is 12.7 Å². The highest BCUT2D eigenvalue weighted by Gasteiger charge is 2.25. The van der Waals surface area contributed by atoms with Crippen molar-refractivity contribution in [1.82, 2.24) is 24.5 Å². The number of hydrogen-bond acceptors (Lipinski definition) is 10. The molecular formula is C23H31N7O6S. The lowest BCUT2D eigenvalue weighted by Crippen LogP contribution is -2.47. The molecule has 2 saturated heterocycles. The molecule has 1 atom stereocenters. The Morgan fingerprint density at radius 1 is 1.08 bits per heavy atom. The number of hydrogen-bond donors (Lipinski definition) is 3. The van der Waals surface area contributed by atoms with Crippen LogP contribution >= 0.6 is 0 Å². The van der Waals surface area contributed by atoms with Crippen LogP contribution in [0.25, 0.3) is 0 Å². The topological polar surface area (TPSA) is 155 Å². The molecule has 0 spiro atoms. The lowest BCUT2D eigenvalue weighted by molar-refractivity contribution is -0.147. The standard InChI is InChI=1S/C23H31N7O6S/c31-21(36-28-37(33,34)30-13-15-35-16-14-30)8-11-24-22(32)18-4-6-20(7-5-18)29-12-1-3-19(17-29)27-23-25-9-2-10-26-23/h2,4-7,9-10,19,28H,1,3,8,11-17H2,(H,24,32)(H,25,26,27)/t19-/m0/s1. The first-order chi connectivity index (χ1) is 17.9. The second-order valence-electron chi connectivity index (χ2n) is 8.63. The Morgan fingerprint density at radius 3 is 2.54 bits per heavy atom. The van der Waals surface area contributed by atoms with Crippen LogP contribution in [0.3, 0.4) is 0 Å². The van der Waals surface area contributed by atoms with E-state index in [1.54, 1.807) is 30.6 Å². The summed E-state index contributed by atoms with van der Waals surface area (Å²) >= 11 is 0. The number of nitrogens with one attached hydrogen (secondary N) is 3. The molecular weight excluding hydrogens is 502 g/mol. The van der Waals surface area contributed by atoms with Gasteiger partial charge in [-0.3, -0.25) is 9.59 Å². The minimum Gasteiger partial charge on any atom is -0.379 e. The molecule has 37 heavy (non-hydrogen) atoms. The first-order valence-electron chi connectivity index (χ1n) is 12.1. The summed E-state index contributed by atoms with van der Waals surface area (Å²) in [5, 5.41) is 6.01. The number of rotatable bonds is 10. The maximum absolute atomic E-state index is 12.5. The van der Waals surface area contributed by atoms with Gasteiger partial charge in [-0.1, -0.05) is 0 Å².